The van der Waals surface area contributed by atoms with E-state index in [1.807, 2.05) is 0 Å². The molecule has 21 heavy (non-hydrogen) atoms. The lowest BCUT2D eigenvalue weighted by molar-refractivity contribution is -0.387. The molecular formula is C13H15FN2O4S. The number of nitro groups is 1. The Morgan fingerprint density at radius 3 is 2.62 bits per heavy atom. The van der Waals surface area contributed by atoms with Crippen molar-refractivity contribution in [1.29, 1.82) is 0 Å². The zero-order valence-corrected chi connectivity index (χ0v) is 12.4. The van der Waals surface area contributed by atoms with Gasteiger partial charge in [0.05, 0.1) is 9.82 Å². The number of rotatable bonds is 6. The van der Waals surface area contributed by atoms with Gasteiger partial charge in [-0.05, 0) is 25.0 Å². The molecule has 0 aliphatic heterocycles. The van der Waals surface area contributed by atoms with Gasteiger partial charge in [0.1, 0.15) is 0 Å². The Morgan fingerprint density at radius 2 is 2.14 bits per heavy atom. The average molecular weight is 314 g/mol. The van der Waals surface area contributed by atoms with Crippen LogP contribution in [-0.4, -0.2) is 19.4 Å². The maximum Gasteiger partial charge on any atom is 0.306 e. The highest BCUT2D eigenvalue weighted by Gasteiger charge is 2.25. The van der Waals surface area contributed by atoms with Crippen molar-refractivity contribution in [3.05, 3.63) is 33.6 Å². The third-order valence-corrected chi connectivity index (χ3v) is 4.57. The second-order valence-electron chi connectivity index (χ2n) is 4.46. The second-order valence-corrected chi connectivity index (χ2v) is 6.14. The first kappa shape index (κ1) is 17.1. The van der Waals surface area contributed by atoms with Crippen molar-refractivity contribution in [2.24, 2.45) is 0 Å². The van der Waals surface area contributed by atoms with Crippen LogP contribution in [0.15, 0.2) is 17.0 Å². The normalized spacial score (nSPS) is 12.7. The van der Waals surface area contributed by atoms with Gasteiger partial charge in [0, 0.05) is 18.5 Å². The minimum absolute atomic E-state index is 0.0844. The number of benzene rings is 1. The van der Waals surface area contributed by atoms with Crippen LogP contribution < -0.4 is 4.72 Å². The molecule has 0 bridgehead atoms. The van der Waals surface area contributed by atoms with Gasteiger partial charge in [-0.1, -0.05) is 6.92 Å². The van der Waals surface area contributed by atoms with Crippen molar-refractivity contribution in [1.82, 2.24) is 4.72 Å². The summed E-state index contributed by atoms with van der Waals surface area (Å²) in [5.41, 5.74) is -0.799. The molecule has 0 fully saturated rings. The largest absolute Gasteiger partial charge is 0.306 e. The number of nitrogens with zero attached hydrogens (tertiary/aromatic N) is 1. The zero-order valence-electron chi connectivity index (χ0n) is 11.6. The maximum absolute atomic E-state index is 13.4. The van der Waals surface area contributed by atoms with E-state index in [1.165, 1.54) is 6.92 Å². The quantitative estimate of drug-likeness (QED) is 0.495. The molecule has 6 nitrogen and oxygen atoms in total. The summed E-state index contributed by atoms with van der Waals surface area (Å²) in [5.74, 6) is 1.27. The first-order valence-electron chi connectivity index (χ1n) is 6.13. The molecule has 1 aromatic carbocycles. The minimum Gasteiger partial charge on any atom is -0.258 e. The molecular weight excluding hydrogens is 299 g/mol. The van der Waals surface area contributed by atoms with Gasteiger partial charge in [0.2, 0.25) is 15.8 Å². The first-order chi connectivity index (χ1) is 9.72. The standard InChI is InChI=1S/C13H15FN2O4S/c1-4-6-10(5-2)15-21(19,20)13-8-12(16(17)18)11(14)7-9(13)3/h1,7-8,10,15H,5-6H2,2-3H3. The molecule has 0 aliphatic carbocycles. The van der Waals surface area contributed by atoms with E-state index in [2.05, 4.69) is 10.6 Å². The lowest BCUT2D eigenvalue weighted by atomic mass is 10.2. The van der Waals surface area contributed by atoms with E-state index in [1.54, 1.807) is 6.92 Å². The summed E-state index contributed by atoms with van der Waals surface area (Å²) >= 11 is 0. The fourth-order valence-electron chi connectivity index (χ4n) is 1.77. The summed E-state index contributed by atoms with van der Waals surface area (Å²) in [6.45, 7) is 3.12. The SMILES string of the molecule is C#CCC(CC)NS(=O)(=O)c1cc([N+](=O)[O-])c(F)cc1C. The van der Waals surface area contributed by atoms with Gasteiger partial charge in [-0.2, -0.15) is 4.39 Å². The molecule has 0 saturated heterocycles. The van der Waals surface area contributed by atoms with E-state index in [-0.39, 0.29) is 16.9 Å². The van der Waals surface area contributed by atoms with E-state index >= 15 is 0 Å². The fourth-order valence-corrected chi connectivity index (χ4v) is 3.33. The van der Waals surface area contributed by atoms with E-state index in [0.29, 0.717) is 6.42 Å². The topological polar surface area (TPSA) is 89.3 Å². The van der Waals surface area contributed by atoms with Crippen molar-refractivity contribution in [2.45, 2.75) is 37.6 Å². The third-order valence-electron chi connectivity index (χ3n) is 2.91. The van der Waals surface area contributed by atoms with Crippen molar-refractivity contribution >= 4 is 15.7 Å². The average Bonchev–Trinajstić information content (AvgIpc) is 2.37. The Kier molecular flexibility index (Phi) is 5.41. The summed E-state index contributed by atoms with van der Waals surface area (Å²) < 4.78 is 40.3. The van der Waals surface area contributed by atoms with Crippen LogP contribution in [0.2, 0.25) is 0 Å². The number of aryl methyl sites for hydroxylation is 1. The van der Waals surface area contributed by atoms with E-state index in [9.17, 15) is 22.9 Å². The summed E-state index contributed by atoms with van der Waals surface area (Å²) in [6, 6.07) is 1.06. The molecule has 8 heteroatoms. The minimum atomic E-state index is -4.01. The van der Waals surface area contributed by atoms with Gasteiger partial charge in [-0.15, -0.1) is 12.3 Å². The van der Waals surface area contributed by atoms with Gasteiger partial charge < -0.3 is 0 Å². The molecule has 0 spiro atoms. The fraction of sp³-hybridized carbons (Fsp3) is 0.385. The van der Waals surface area contributed by atoms with Crippen molar-refractivity contribution in [3.63, 3.8) is 0 Å². The van der Waals surface area contributed by atoms with Crippen molar-refractivity contribution in [2.75, 3.05) is 0 Å². The summed E-state index contributed by atoms with van der Waals surface area (Å²) in [4.78, 5) is 9.42. The molecule has 0 radical (unpaired) electrons. The van der Waals surface area contributed by atoms with Crippen LogP contribution in [0.25, 0.3) is 0 Å². The molecule has 0 heterocycles. The van der Waals surface area contributed by atoms with Crippen LogP contribution in [-0.2, 0) is 10.0 Å². The van der Waals surface area contributed by atoms with Gasteiger partial charge >= 0.3 is 5.69 Å². The summed E-state index contributed by atoms with van der Waals surface area (Å²) in [5, 5.41) is 10.7. The zero-order chi connectivity index (χ0) is 16.2. The summed E-state index contributed by atoms with van der Waals surface area (Å²) in [6.07, 6.45) is 5.81. The van der Waals surface area contributed by atoms with Crippen LogP contribution in [0.5, 0.6) is 0 Å². The molecule has 0 aromatic heterocycles. The van der Waals surface area contributed by atoms with Crippen LogP contribution in [0, 0.1) is 35.2 Å². The highest BCUT2D eigenvalue weighted by Crippen LogP contribution is 2.25. The molecule has 1 unspecified atom stereocenters. The predicted molar refractivity (Wildman–Crippen MR) is 75.6 cm³/mol. The number of hydrogen-bond donors (Lipinski definition) is 1. The van der Waals surface area contributed by atoms with Crippen LogP contribution in [0.3, 0.4) is 0 Å². The maximum atomic E-state index is 13.4. The lowest BCUT2D eigenvalue weighted by Crippen LogP contribution is -2.34. The predicted octanol–water partition coefficient (Wildman–Crippen LogP) is 2.12. The number of nitrogens with one attached hydrogen (secondary N) is 1. The highest BCUT2D eigenvalue weighted by molar-refractivity contribution is 7.89. The molecule has 1 aromatic rings. The van der Waals surface area contributed by atoms with Gasteiger partial charge in [-0.3, -0.25) is 10.1 Å². The second kappa shape index (κ2) is 6.65. The van der Waals surface area contributed by atoms with Gasteiger partial charge in [-0.25, -0.2) is 13.1 Å². The highest BCUT2D eigenvalue weighted by atomic mass is 32.2. The molecule has 1 rings (SSSR count). The first-order valence-corrected chi connectivity index (χ1v) is 7.61. The third kappa shape index (κ3) is 4.00. The van der Waals surface area contributed by atoms with Crippen LogP contribution >= 0.6 is 0 Å². The Labute approximate surface area is 122 Å². The molecule has 114 valence electrons. The Bertz CT molecular complexity index is 695. The van der Waals surface area contributed by atoms with Gasteiger partial charge in [0.25, 0.3) is 0 Å². The number of sulfonamides is 1. The molecule has 0 amide bonds. The van der Waals surface area contributed by atoms with E-state index in [0.717, 1.165) is 12.1 Å². The molecule has 1 atom stereocenters. The number of halogens is 1. The lowest BCUT2D eigenvalue weighted by Gasteiger charge is -2.15. The van der Waals surface area contributed by atoms with Crippen molar-refractivity contribution in [3.8, 4) is 12.3 Å². The van der Waals surface area contributed by atoms with Gasteiger partial charge in [0.15, 0.2) is 0 Å². The smallest absolute Gasteiger partial charge is 0.258 e. The number of terminal acetylenes is 1. The molecule has 0 aliphatic rings. The van der Waals surface area contributed by atoms with E-state index < -0.39 is 32.5 Å². The van der Waals surface area contributed by atoms with Crippen LogP contribution in [0.1, 0.15) is 25.3 Å². The number of hydrogen-bond acceptors (Lipinski definition) is 4. The Morgan fingerprint density at radius 1 is 1.52 bits per heavy atom. The number of nitro benzene ring substituents is 1. The molecule has 0 saturated carbocycles. The monoisotopic (exact) mass is 314 g/mol. The van der Waals surface area contributed by atoms with Crippen molar-refractivity contribution < 1.29 is 17.7 Å². The summed E-state index contributed by atoms with van der Waals surface area (Å²) in [7, 11) is -4.01. The van der Waals surface area contributed by atoms with E-state index in [4.69, 9.17) is 6.42 Å². The Hall–Kier alpha value is -1.98. The van der Waals surface area contributed by atoms with Crippen LogP contribution in [0.4, 0.5) is 10.1 Å². The molecule has 1 N–H and O–H groups in total. The Balaban J connectivity index is 3.29.